The van der Waals surface area contributed by atoms with Gasteiger partial charge >= 0.3 is 5.63 Å². The summed E-state index contributed by atoms with van der Waals surface area (Å²) in [6.07, 6.45) is 3.03. The predicted octanol–water partition coefficient (Wildman–Crippen LogP) is 4.44. The van der Waals surface area contributed by atoms with Crippen molar-refractivity contribution in [2.75, 3.05) is 0 Å². The summed E-state index contributed by atoms with van der Waals surface area (Å²) in [6, 6.07) is 8.16. The molecule has 1 N–H and O–H groups in total. The maximum atomic E-state index is 12.8. The van der Waals surface area contributed by atoms with Crippen molar-refractivity contribution in [3.8, 4) is 11.1 Å². The Labute approximate surface area is 206 Å². The number of benzene rings is 2. The zero-order valence-electron chi connectivity index (χ0n) is 19.7. The number of halogens is 1. The molecule has 0 aliphatic rings. The van der Waals surface area contributed by atoms with E-state index < -0.39 is 23.5 Å². The first-order valence-electron chi connectivity index (χ1n) is 11.4. The summed E-state index contributed by atoms with van der Waals surface area (Å²) in [5.41, 5.74) is 3.57. The summed E-state index contributed by atoms with van der Waals surface area (Å²) in [5, 5.41) is 16.0. The number of aliphatic carboxylic acids is 1. The van der Waals surface area contributed by atoms with Gasteiger partial charge in [0.15, 0.2) is 0 Å². The van der Waals surface area contributed by atoms with Gasteiger partial charge in [-0.2, -0.15) is 0 Å². The van der Waals surface area contributed by atoms with Crippen molar-refractivity contribution in [2.24, 2.45) is 0 Å². The number of furan rings is 1. The lowest BCUT2D eigenvalue weighted by Crippen LogP contribution is -2.48. The molecule has 4 rings (SSSR count). The van der Waals surface area contributed by atoms with E-state index in [-0.39, 0.29) is 18.4 Å². The molecule has 2 aromatic carbocycles. The molecule has 2 aromatic heterocycles. The molecule has 0 aliphatic heterocycles. The van der Waals surface area contributed by atoms with Crippen LogP contribution in [0.25, 0.3) is 33.1 Å². The van der Waals surface area contributed by atoms with E-state index in [1.807, 2.05) is 32.0 Å². The average molecular weight is 495 g/mol. The molecule has 0 spiro atoms. The van der Waals surface area contributed by atoms with Crippen LogP contribution in [0.4, 0.5) is 0 Å². The summed E-state index contributed by atoms with van der Waals surface area (Å²) in [6.45, 7) is 5.49. The minimum Gasteiger partial charge on any atom is -0.548 e. The summed E-state index contributed by atoms with van der Waals surface area (Å²) in [5.74, 6) is -1.92. The number of carbonyl (C=O) groups is 2. The zero-order chi connectivity index (χ0) is 25.3. The van der Waals surface area contributed by atoms with Gasteiger partial charge in [-0.05, 0) is 49.6 Å². The number of aryl methyl sites for hydroxylation is 2. The zero-order valence-corrected chi connectivity index (χ0v) is 20.5. The van der Waals surface area contributed by atoms with E-state index in [0.717, 1.165) is 22.9 Å². The van der Waals surface area contributed by atoms with Gasteiger partial charge in [-0.3, -0.25) is 4.79 Å². The molecule has 0 unspecified atom stereocenters. The average Bonchev–Trinajstić information content (AvgIpc) is 3.25. The van der Waals surface area contributed by atoms with Crippen molar-refractivity contribution in [1.29, 1.82) is 0 Å². The Balaban J connectivity index is 1.76. The molecular formula is C27H25ClNO6-. The Hall–Kier alpha value is -3.58. The molecule has 0 fully saturated rings. The molecule has 1 amide bonds. The molecule has 1 atom stereocenters. The summed E-state index contributed by atoms with van der Waals surface area (Å²) in [4.78, 5) is 36.8. The van der Waals surface area contributed by atoms with Crippen molar-refractivity contribution in [2.45, 2.75) is 52.5 Å². The second kappa shape index (κ2) is 9.96. The third kappa shape index (κ3) is 4.82. The largest absolute Gasteiger partial charge is 0.548 e. The smallest absolute Gasteiger partial charge is 0.340 e. The molecule has 8 heteroatoms. The first-order chi connectivity index (χ1) is 16.7. The summed E-state index contributed by atoms with van der Waals surface area (Å²) in [7, 11) is 0. The Morgan fingerprint density at radius 2 is 1.80 bits per heavy atom. The lowest BCUT2D eigenvalue weighted by molar-refractivity contribution is -0.308. The molecule has 0 saturated carbocycles. The van der Waals surface area contributed by atoms with Crippen molar-refractivity contribution in [1.82, 2.24) is 5.32 Å². The fourth-order valence-electron chi connectivity index (χ4n) is 4.32. The molecule has 0 bridgehead atoms. The SMILES string of the molecule is CCCC[C@H](NC(=O)Cc1c(C)c2cc3c(-c4ccc(Cl)cc4)coc3c(C)c2oc1=O)C(=O)[O-]. The molecule has 182 valence electrons. The first-order valence-corrected chi connectivity index (χ1v) is 11.8. The quantitative estimate of drug-likeness (QED) is 0.362. The highest BCUT2D eigenvalue weighted by atomic mass is 35.5. The molecule has 35 heavy (non-hydrogen) atoms. The minimum atomic E-state index is -1.35. The third-order valence-electron chi connectivity index (χ3n) is 6.30. The number of hydrogen-bond donors (Lipinski definition) is 1. The molecule has 0 aliphatic carbocycles. The van der Waals surface area contributed by atoms with Gasteiger partial charge in [-0.15, -0.1) is 0 Å². The third-order valence-corrected chi connectivity index (χ3v) is 6.55. The van der Waals surface area contributed by atoms with E-state index in [0.29, 0.717) is 39.1 Å². The van der Waals surface area contributed by atoms with Gasteiger partial charge in [0.05, 0.1) is 30.3 Å². The Kier molecular flexibility index (Phi) is 6.98. The van der Waals surface area contributed by atoms with Gasteiger partial charge in [-0.1, -0.05) is 43.5 Å². The van der Waals surface area contributed by atoms with Crippen molar-refractivity contribution < 1.29 is 23.5 Å². The fourth-order valence-corrected chi connectivity index (χ4v) is 4.44. The molecule has 0 radical (unpaired) electrons. The lowest BCUT2D eigenvalue weighted by atomic mass is 9.97. The van der Waals surface area contributed by atoms with Crippen LogP contribution in [0.15, 0.2) is 50.2 Å². The number of carboxylic acid groups (broad SMARTS) is 1. The highest BCUT2D eigenvalue weighted by molar-refractivity contribution is 6.30. The van der Waals surface area contributed by atoms with Crippen LogP contribution in [-0.4, -0.2) is 17.9 Å². The van der Waals surface area contributed by atoms with Gasteiger partial charge in [0.2, 0.25) is 5.91 Å². The van der Waals surface area contributed by atoms with E-state index in [1.54, 1.807) is 25.3 Å². The highest BCUT2D eigenvalue weighted by Gasteiger charge is 2.21. The van der Waals surface area contributed by atoms with Gasteiger partial charge in [0, 0.05) is 26.9 Å². The molecule has 2 heterocycles. The summed E-state index contributed by atoms with van der Waals surface area (Å²) < 4.78 is 11.4. The van der Waals surface area contributed by atoms with Gasteiger partial charge in [0.1, 0.15) is 11.2 Å². The maximum Gasteiger partial charge on any atom is 0.340 e. The Morgan fingerprint density at radius 1 is 1.09 bits per heavy atom. The fraction of sp³-hybridized carbons (Fsp3) is 0.296. The Bertz CT molecular complexity index is 1480. The normalized spacial score (nSPS) is 12.2. The molecule has 4 aromatic rings. The van der Waals surface area contributed by atoms with Crippen molar-refractivity contribution in [3.05, 3.63) is 68.7 Å². The second-order valence-electron chi connectivity index (χ2n) is 8.66. The number of fused-ring (bicyclic) bond motifs is 2. The second-order valence-corrected chi connectivity index (χ2v) is 9.10. The summed E-state index contributed by atoms with van der Waals surface area (Å²) >= 11 is 6.03. The lowest BCUT2D eigenvalue weighted by Gasteiger charge is -2.19. The minimum absolute atomic E-state index is 0.179. The van der Waals surface area contributed by atoms with Gasteiger partial charge in [0.25, 0.3) is 0 Å². The van der Waals surface area contributed by atoms with E-state index >= 15 is 0 Å². The predicted molar refractivity (Wildman–Crippen MR) is 132 cm³/mol. The number of rotatable bonds is 8. The number of unbranched alkanes of at least 4 members (excludes halogenated alkanes) is 1. The van der Waals surface area contributed by atoms with Gasteiger partial charge in [-0.25, -0.2) is 4.79 Å². The number of nitrogens with one attached hydrogen (secondary N) is 1. The van der Waals surface area contributed by atoms with Gasteiger partial charge < -0.3 is 24.1 Å². The highest BCUT2D eigenvalue weighted by Crippen LogP contribution is 2.37. The van der Waals surface area contributed by atoms with Crippen LogP contribution >= 0.6 is 11.6 Å². The van der Waals surface area contributed by atoms with Crippen molar-refractivity contribution in [3.63, 3.8) is 0 Å². The van der Waals surface area contributed by atoms with Crippen LogP contribution in [0.5, 0.6) is 0 Å². The van der Waals surface area contributed by atoms with Crippen LogP contribution < -0.4 is 16.0 Å². The number of carboxylic acids is 1. The van der Waals surface area contributed by atoms with E-state index in [9.17, 15) is 19.5 Å². The van der Waals surface area contributed by atoms with E-state index in [4.69, 9.17) is 20.4 Å². The topological polar surface area (TPSA) is 113 Å². The van der Waals surface area contributed by atoms with Crippen molar-refractivity contribution >= 4 is 45.4 Å². The number of amides is 1. The standard InChI is InChI=1S/C27H26ClNO6/c1-4-5-6-22(26(31)32)29-23(30)12-19-14(2)18-11-20-21(16-7-9-17(28)10-8-16)13-34-24(20)15(3)25(18)35-27(19)33/h7-11,13,22H,4-6,12H2,1-3H3,(H,29,30)(H,31,32)/p-1/t22-/m0/s1. The van der Waals surface area contributed by atoms with E-state index in [2.05, 4.69) is 5.32 Å². The maximum absolute atomic E-state index is 12.8. The molecule has 0 saturated heterocycles. The monoisotopic (exact) mass is 494 g/mol. The van der Waals surface area contributed by atoms with Crippen LogP contribution in [-0.2, 0) is 16.0 Å². The van der Waals surface area contributed by atoms with Crippen LogP contribution in [0.2, 0.25) is 5.02 Å². The number of carbonyl (C=O) groups excluding carboxylic acids is 2. The van der Waals surface area contributed by atoms with Crippen LogP contribution in [0, 0.1) is 13.8 Å². The molecular weight excluding hydrogens is 470 g/mol. The Morgan fingerprint density at radius 3 is 2.46 bits per heavy atom. The number of hydrogen-bond acceptors (Lipinski definition) is 6. The van der Waals surface area contributed by atoms with Crippen LogP contribution in [0.1, 0.15) is 42.9 Å². The molecule has 7 nitrogen and oxygen atoms in total. The first kappa shape index (κ1) is 24.5. The van der Waals surface area contributed by atoms with Crippen LogP contribution in [0.3, 0.4) is 0 Å². The van der Waals surface area contributed by atoms with E-state index in [1.165, 1.54) is 0 Å².